The van der Waals surface area contributed by atoms with Gasteiger partial charge in [-0.05, 0) is 45.9 Å². The summed E-state index contributed by atoms with van der Waals surface area (Å²) < 4.78 is 18.0. The van der Waals surface area contributed by atoms with Crippen molar-refractivity contribution in [1.29, 1.82) is 0 Å². The normalized spacial score (nSPS) is 41.1. The molecule has 15 nitrogen and oxygen atoms in total. The van der Waals surface area contributed by atoms with Crippen molar-refractivity contribution in [3.63, 3.8) is 0 Å². The highest BCUT2D eigenvalue weighted by Crippen LogP contribution is 2.37. The Balaban J connectivity index is 1.90. The van der Waals surface area contributed by atoms with Gasteiger partial charge in [-0.25, -0.2) is 0 Å². The Morgan fingerprint density at radius 3 is 2.62 bits per heavy atom. The molecule has 1 amide bonds. The molecule has 1 saturated carbocycles. The second-order valence-electron chi connectivity index (χ2n) is 11.0. The summed E-state index contributed by atoms with van der Waals surface area (Å²) in [7, 11) is 1.58. The second kappa shape index (κ2) is 14.6. The van der Waals surface area contributed by atoms with E-state index < -0.39 is 72.4 Å². The highest BCUT2D eigenvalue weighted by molar-refractivity contribution is 5.80. The molecule has 1 unspecified atom stereocenters. The smallest absolute Gasteiger partial charge is 0.249 e. The highest BCUT2D eigenvalue weighted by atomic mass is 16.7. The highest BCUT2D eigenvalue weighted by Gasteiger charge is 2.53. The van der Waals surface area contributed by atoms with Gasteiger partial charge in [0, 0.05) is 24.5 Å². The molecule has 2 fully saturated rings. The molecule has 0 aromatic rings. The fourth-order valence-electron chi connectivity index (χ4n) is 5.96. The van der Waals surface area contributed by atoms with E-state index in [9.17, 15) is 30.3 Å². The average Bonchev–Trinajstić information content (AvgIpc) is 2.91. The number of hydrogen-bond acceptors (Lipinski definition) is 14. The first-order chi connectivity index (χ1) is 19.0. The van der Waals surface area contributed by atoms with Gasteiger partial charge < -0.3 is 72.9 Å². The standard InChI is InChI=1S/C25H48N6O9/c1-25(37)11-38-24(19(35)22(25)29-2)40-21-15(31-23(36)16(33)5-6-26)9-13(28)17(18(21)34)20-14(30-7-8-32)4-3-12(10-27)39-20/h3,13-22,24,29-30,32-35,37H,4-11,26-28H2,1-2H3,(H,31,36)/t13-,14+,15+,16-,17+,18-,19+,20?,21-,22+,24+,25-/m0/s1. The van der Waals surface area contributed by atoms with Crippen LogP contribution in [-0.4, -0.2) is 138 Å². The Morgan fingerprint density at radius 1 is 1.27 bits per heavy atom. The molecule has 40 heavy (non-hydrogen) atoms. The van der Waals surface area contributed by atoms with E-state index in [0.717, 1.165) is 0 Å². The second-order valence-corrected chi connectivity index (χ2v) is 11.0. The first-order valence-corrected chi connectivity index (χ1v) is 13.9. The largest absolute Gasteiger partial charge is 0.492 e. The van der Waals surface area contributed by atoms with Crippen LogP contribution in [0.5, 0.6) is 0 Å². The molecule has 15 heteroatoms. The monoisotopic (exact) mass is 576 g/mol. The summed E-state index contributed by atoms with van der Waals surface area (Å²) in [6, 6.07) is -2.68. The van der Waals surface area contributed by atoms with Crippen LogP contribution in [0.2, 0.25) is 0 Å². The van der Waals surface area contributed by atoms with Gasteiger partial charge in [0.05, 0.1) is 37.9 Å². The van der Waals surface area contributed by atoms with Gasteiger partial charge >= 0.3 is 0 Å². The van der Waals surface area contributed by atoms with E-state index in [1.165, 1.54) is 6.92 Å². The van der Waals surface area contributed by atoms with Crippen molar-refractivity contribution in [2.45, 2.75) is 92.8 Å². The van der Waals surface area contributed by atoms with Gasteiger partial charge in [0.1, 0.15) is 35.8 Å². The van der Waals surface area contributed by atoms with Crippen LogP contribution in [-0.2, 0) is 19.0 Å². The maximum absolute atomic E-state index is 12.7. The SMILES string of the molecule is CN[C@@H]1[C@@H](O)[C@@H](O[C@@H]2[C@@H](O)[C@H](C3OC(CN)=CC[C@H]3NCCO)[C@@H](N)C[C@H]2NC(=O)[C@@H](O)CCN)OC[C@]1(C)O. The Hall–Kier alpha value is -1.47. The first-order valence-electron chi connectivity index (χ1n) is 13.9. The van der Waals surface area contributed by atoms with Crippen LogP contribution in [0.25, 0.3) is 0 Å². The van der Waals surface area contributed by atoms with Crippen LogP contribution in [0.4, 0.5) is 0 Å². The molecule has 0 radical (unpaired) electrons. The fraction of sp³-hybridized carbons (Fsp3) is 0.880. The number of rotatable bonds is 12. The van der Waals surface area contributed by atoms with E-state index in [1.807, 2.05) is 6.08 Å². The van der Waals surface area contributed by atoms with Gasteiger partial charge in [-0.15, -0.1) is 0 Å². The van der Waals surface area contributed by atoms with Crippen LogP contribution in [0, 0.1) is 5.92 Å². The molecule has 0 aromatic carbocycles. The van der Waals surface area contributed by atoms with E-state index in [-0.39, 0.29) is 45.2 Å². The van der Waals surface area contributed by atoms with Crippen molar-refractivity contribution in [3.05, 3.63) is 11.8 Å². The predicted molar refractivity (Wildman–Crippen MR) is 143 cm³/mol. The zero-order valence-electron chi connectivity index (χ0n) is 23.2. The molecule has 3 rings (SSSR count). The van der Waals surface area contributed by atoms with E-state index in [2.05, 4.69) is 16.0 Å². The maximum atomic E-state index is 12.7. The third-order valence-electron chi connectivity index (χ3n) is 8.03. The number of carbonyl (C=O) groups is 1. The van der Waals surface area contributed by atoms with Crippen molar-refractivity contribution in [2.24, 2.45) is 23.1 Å². The predicted octanol–water partition coefficient (Wildman–Crippen LogP) is -5.09. The molecule has 1 saturated heterocycles. The van der Waals surface area contributed by atoms with Gasteiger partial charge in [-0.2, -0.15) is 0 Å². The summed E-state index contributed by atoms with van der Waals surface area (Å²) in [4.78, 5) is 12.7. The van der Waals surface area contributed by atoms with E-state index in [4.69, 9.17) is 31.4 Å². The van der Waals surface area contributed by atoms with Crippen LogP contribution in [0.15, 0.2) is 11.8 Å². The third-order valence-corrected chi connectivity index (χ3v) is 8.03. The van der Waals surface area contributed by atoms with Crippen LogP contribution >= 0.6 is 0 Å². The Bertz CT molecular complexity index is 852. The number of ether oxygens (including phenoxy) is 3. The zero-order valence-corrected chi connectivity index (χ0v) is 23.2. The molecule has 12 atom stereocenters. The lowest BCUT2D eigenvalue weighted by Crippen LogP contribution is -2.69. The van der Waals surface area contributed by atoms with Crippen molar-refractivity contribution in [1.82, 2.24) is 16.0 Å². The van der Waals surface area contributed by atoms with Gasteiger partial charge in [-0.1, -0.05) is 0 Å². The molecular weight excluding hydrogens is 528 g/mol. The molecule has 1 aliphatic carbocycles. The number of nitrogens with one attached hydrogen (secondary N) is 3. The first kappa shape index (κ1) is 33.0. The van der Waals surface area contributed by atoms with Gasteiger partial charge in [0.2, 0.25) is 5.91 Å². The third kappa shape index (κ3) is 7.48. The lowest BCUT2D eigenvalue weighted by Gasteiger charge is -2.51. The summed E-state index contributed by atoms with van der Waals surface area (Å²) in [5, 5.41) is 61.8. The Labute approximate surface area is 234 Å². The number of amides is 1. The average molecular weight is 577 g/mol. The number of carbonyl (C=O) groups excluding carboxylic acids is 1. The van der Waals surface area contributed by atoms with E-state index >= 15 is 0 Å². The van der Waals surface area contributed by atoms with Crippen molar-refractivity contribution in [3.8, 4) is 0 Å². The Morgan fingerprint density at radius 2 is 2.00 bits per heavy atom. The molecule has 3 aliphatic rings. The van der Waals surface area contributed by atoms with Gasteiger partial charge in [0.25, 0.3) is 0 Å². The van der Waals surface area contributed by atoms with Gasteiger partial charge in [0.15, 0.2) is 6.29 Å². The van der Waals surface area contributed by atoms with E-state index in [0.29, 0.717) is 18.7 Å². The lowest BCUT2D eigenvalue weighted by atomic mass is 9.72. The Kier molecular flexibility index (Phi) is 12.1. The summed E-state index contributed by atoms with van der Waals surface area (Å²) in [6.07, 6.45) is -4.56. The summed E-state index contributed by atoms with van der Waals surface area (Å²) in [6.45, 7) is 1.78. The minimum Gasteiger partial charge on any atom is -0.492 e. The molecule has 2 aliphatic heterocycles. The summed E-state index contributed by atoms with van der Waals surface area (Å²) in [5.41, 5.74) is 16.5. The van der Waals surface area contributed by atoms with Crippen LogP contribution in [0.1, 0.15) is 26.2 Å². The molecular formula is C25H48N6O9. The summed E-state index contributed by atoms with van der Waals surface area (Å²) in [5.74, 6) is -0.885. The maximum Gasteiger partial charge on any atom is 0.249 e. The quantitative estimate of drug-likeness (QED) is 0.104. The molecule has 14 N–H and O–H groups in total. The van der Waals surface area contributed by atoms with Crippen LogP contribution < -0.4 is 33.2 Å². The zero-order chi connectivity index (χ0) is 29.6. The number of nitrogens with two attached hydrogens (primary N) is 3. The van der Waals surface area contributed by atoms with Crippen LogP contribution in [0.3, 0.4) is 0 Å². The fourth-order valence-corrected chi connectivity index (χ4v) is 5.96. The molecule has 0 bridgehead atoms. The lowest BCUT2D eigenvalue weighted by molar-refractivity contribution is -0.297. The van der Waals surface area contributed by atoms with Crippen molar-refractivity contribution < 1.29 is 44.5 Å². The van der Waals surface area contributed by atoms with Crippen molar-refractivity contribution in [2.75, 3.05) is 39.9 Å². The molecule has 232 valence electrons. The molecule has 0 aromatic heterocycles. The van der Waals surface area contributed by atoms with Crippen molar-refractivity contribution >= 4 is 5.91 Å². The van der Waals surface area contributed by atoms with Gasteiger partial charge in [-0.3, -0.25) is 4.79 Å². The molecule has 2 heterocycles. The minimum atomic E-state index is -1.39. The molecule has 0 spiro atoms. The number of aliphatic hydroxyl groups excluding tert-OH is 4. The summed E-state index contributed by atoms with van der Waals surface area (Å²) >= 11 is 0. The minimum absolute atomic E-state index is 0.0347. The number of hydrogen-bond donors (Lipinski definition) is 11. The van der Waals surface area contributed by atoms with E-state index in [1.54, 1.807) is 7.05 Å². The topological polar surface area (TPSA) is 260 Å². The number of likely N-dealkylation sites (N-methyl/N-ethyl adjacent to an activating group) is 1. The number of aliphatic hydroxyl groups is 5.